The molecule has 0 saturated heterocycles. The summed E-state index contributed by atoms with van der Waals surface area (Å²) in [5.41, 5.74) is 3.04. The minimum Gasteiger partial charge on any atom is -0.498 e. The summed E-state index contributed by atoms with van der Waals surface area (Å²) in [6, 6.07) is 0. The minimum absolute atomic E-state index is 0.812. The molecule has 0 saturated carbocycles. The molecule has 0 aliphatic carbocycles. The van der Waals surface area contributed by atoms with Crippen LogP contribution in [0.2, 0.25) is 0 Å². The topological polar surface area (TPSA) is 24.5 Å². The van der Waals surface area contributed by atoms with Crippen LogP contribution < -0.4 is 5.43 Å². The maximum absolute atomic E-state index is 4.94. The van der Waals surface area contributed by atoms with E-state index in [2.05, 4.69) is 5.43 Å². The van der Waals surface area contributed by atoms with Crippen molar-refractivity contribution < 1.29 is 4.74 Å². The molecular formula is C5H10N2O. The molecule has 3 heteroatoms. The van der Waals surface area contributed by atoms with Crippen molar-refractivity contribution in [1.82, 2.24) is 10.4 Å². The number of methoxy groups -OCH3 is 1. The second-order valence-corrected chi connectivity index (χ2v) is 1.75. The van der Waals surface area contributed by atoms with E-state index in [9.17, 15) is 0 Å². The number of hydrogen-bond donors (Lipinski definition) is 1. The fourth-order valence-corrected chi connectivity index (χ4v) is 0.635. The number of hydrazine groups is 1. The Morgan fingerprint density at radius 2 is 2.62 bits per heavy atom. The van der Waals surface area contributed by atoms with Gasteiger partial charge < -0.3 is 9.75 Å². The van der Waals surface area contributed by atoms with Crippen molar-refractivity contribution >= 4 is 0 Å². The third-order valence-corrected chi connectivity index (χ3v) is 1.10. The van der Waals surface area contributed by atoms with Gasteiger partial charge in [0.2, 0.25) is 0 Å². The Balaban J connectivity index is 2.44. The summed E-state index contributed by atoms with van der Waals surface area (Å²) in [4.78, 5) is 0. The van der Waals surface area contributed by atoms with Crippen molar-refractivity contribution in [2.24, 2.45) is 0 Å². The number of nitrogens with zero attached hydrogens (tertiary/aromatic N) is 1. The van der Waals surface area contributed by atoms with Gasteiger partial charge in [-0.05, 0) is 0 Å². The molecule has 3 nitrogen and oxygen atoms in total. The average molecular weight is 114 g/mol. The summed E-state index contributed by atoms with van der Waals surface area (Å²) in [5.74, 6) is 0.979. The van der Waals surface area contributed by atoms with Gasteiger partial charge in [-0.15, -0.1) is 0 Å². The van der Waals surface area contributed by atoms with Crippen LogP contribution in [0.4, 0.5) is 0 Å². The first-order valence-corrected chi connectivity index (χ1v) is 2.54. The standard InChI is InChI=1S/C5H10N2O/c1-7-4-5(8-2)3-6-7/h4,6H,3H2,1-2H3. The quantitative estimate of drug-likeness (QED) is 0.516. The SMILES string of the molecule is COC1=CN(C)NC1. The summed E-state index contributed by atoms with van der Waals surface area (Å²) in [5, 5.41) is 1.87. The molecule has 46 valence electrons. The molecule has 0 amide bonds. The van der Waals surface area contributed by atoms with E-state index in [0.717, 1.165) is 12.3 Å². The van der Waals surface area contributed by atoms with Crippen LogP contribution in [-0.4, -0.2) is 25.7 Å². The van der Waals surface area contributed by atoms with Crippen molar-refractivity contribution in [1.29, 1.82) is 0 Å². The number of ether oxygens (including phenoxy) is 1. The molecule has 0 atom stereocenters. The Morgan fingerprint density at radius 3 is 2.88 bits per heavy atom. The van der Waals surface area contributed by atoms with E-state index in [1.165, 1.54) is 0 Å². The molecular weight excluding hydrogens is 104 g/mol. The zero-order chi connectivity index (χ0) is 5.98. The first-order chi connectivity index (χ1) is 3.83. The molecule has 0 aromatic carbocycles. The van der Waals surface area contributed by atoms with Crippen LogP contribution in [0.5, 0.6) is 0 Å². The fourth-order valence-electron chi connectivity index (χ4n) is 0.635. The Kier molecular flexibility index (Phi) is 1.39. The van der Waals surface area contributed by atoms with Gasteiger partial charge in [-0.1, -0.05) is 0 Å². The molecule has 0 radical (unpaired) electrons. The molecule has 0 fully saturated rings. The van der Waals surface area contributed by atoms with Gasteiger partial charge in [-0.2, -0.15) is 0 Å². The van der Waals surface area contributed by atoms with E-state index in [1.54, 1.807) is 7.11 Å². The molecule has 0 spiro atoms. The summed E-state index contributed by atoms with van der Waals surface area (Å²) in [7, 11) is 3.61. The van der Waals surface area contributed by atoms with Crippen molar-refractivity contribution in [3.05, 3.63) is 12.0 Å². The second-order valence-electron chi connectivity index (χ2n) is 1.75. The number of nitrogens with one attached hydrogen (secondary N) is 1. The Labute approximate surface area is 48.9 Å². The van der Waals surface area contributed by atoms with Crippen LogP contribution in [0.3, 0.4) is 0 Å². The van der Waals surface area contributed by atoms with E-state index >= 15 is 0 Å². The maximum Gasteiger partial charge on any atom is 0.128 e. The van der Waals surface area contributed by atoms with Crippen molar-refractivity contribution in [2.45, 2.75) is 0 Å². The van der Waals surface area contributed by atoms with Gasteiger partial charge in [0.15, 0.2) is 0 Å². The van der Waals surface area contributed by atoms with Gasteiger partial charge in [0.25, 0.3) is 0 Å². The Morgan fingerprint density at radius 1 is 1.88 bits per heavy atom. The van der Waals surface area contributed by atoms with E-state index < -0.39 is 0 Å². The van der Waals surface area contributed by atoms with E-state index in [1.807, 2.05) is 18.3 Å². The molecule has 1 aliphatic heterocycles. The van der Waals surface area contributed by atoms with Gasteiger partial charge in [-0.25, -0.2) is 5.43 Å². The lowest BCUT2D eigenvalue weighted by molar-refractivity contribution is 0.286. The minimum atomic E-state index is 0.812. The summed E-state index contributed by atoms with van der Waals surface area (Å²) in [6.45, 7) is 0.812. The zero-order valence-corrected chi connectivity index (χ0v) is 5.14. The smallest absolute Gasteiger partial charge is 0.128 e. The van der Waals surface area contributed by atoms with Crippen LogP contribution in [0.1, 0.15) is 0 Å². The molecule has 0 bridgehead atoms. The lowest BCUT2D eigenvalue weighted by Gasteiger charge is -2.03. The highest BCUT2D eigenvalue weighted by Crippen LogP contribution is 2.00. The Hall–Kier alpha value is -0.700. The molecule has 0 aromatic heterocycles. The fraction of sp³-hybridized carbons (Fsp3) is 0.600. The normalized spacial score (nSPS) is 18.8. The van der Waals surface area contributed by atoms with Crippen LogP contribution in [0.15, 0.2) is 12.0 Å². The highest BCUT2D eigenvalue weighted by molar-refractivity contribution is 4.98. The van der Waals surface area contributed by atoms with Gasteiger partial charge in [-0.3, -0.25) is 0 Å². The van der Waals surface area contributed by atoms with Crippen LogP contribution in [0.25, 0.3) is 0 Å². The Bertz CT molecular complexity index is 111. The number of hydrogen-bond acceptors (Lipinski definition) is 3. The lowest BCUT2D eigenvalue weighted by Crippen LogP contribution is -2.23. The molecule has 0 aromatic rings. The van der Waals surface area contributed by atoms with Gasteiger partial charge in [0.05, 0.1) is 19.9 Å². The lowest BCUT2D eigenvalue weighted by atomic mass is 10.6. The maximum atomic E-state index is 4.94. The molecule has 1 N–H and O–H groups in total. The molecule has 0 unspecified atom stereocenters. The van der Waals surface area contributed by atoms with E-state index in [-0.39, 0.29) is 0 Å². The second kappa shape index (κ2) is 2.05. The van der Waals surface area contributed by atoms with Crippen LogP contribution in [-0.2, 0) is 4.74 Å². The largest absolute Gasteiger partial charge is 0.498 e. The third-order valence-electron chi connectivity index (χ3n) is 1.10. The average Bonchev–Trinajstić information content (AvgIpc) is 2.14. The molecule has 1 aliphatic rings. The van der Waals surface area contributed by atoms with Gasteiger partial charge in [0.1, 0.15) is 5.76 Å². The first-order valence-electron chi connectivity index (χ1n) is 2.54. The van der Waals surface area contributed by atoms with E-state index in [4.69, 9.17) is 4.74 Å². The van der Waals surface area contributed by atoms with Crippen LogP contribution in [0, 0.1) is 0 Å². The molecule has 8 heavy (non-hydrogen) atoms. The summed E-state index contributed by atoms with van der Waals surface area (Å²) in [6.07, 6.45) is 1.92. The molecule has 1 heterocycles. The highest BCUT2D eigenvalue weighted by atomic mass is 16.5. The summed E-state index contributed by atoms with van der Waals surface area (Å²) < 4.78 is 4.94. The van der Waals surface area contributed by atoms with E-state index in [0.29, 0.717) is 0 Å². The van der Waals surface area contributed by atoms with Gasteiger partial charge >= 0.3 is 0 Å². The van der Waals surface area contributed by atoms with Crippen molar-refractivity contribution in [3.8, 4) is 0 Å². The predicted octanol–water partition coefficient (Wildman–Crippen LogP) is -0.0758. The van der Waals surface area contributed by atoms with Crippen LogP contribution >= 0.6 is 0 Å². The number of rotatable bonds is 1. The highest BCUT2D eigenvalue weighted by Gasteiger charge is 2.05. The van der Waals surface area contributed by atoms with Gasteiger partial charge in [0, 0.05) is 7.05 Å². The zero-order valence-electron chi connectivity index (χ0n) is 5.14. The monoisotopic (exact) mass is 114 g/mol. The molecule has 1 rings (SSSR count). The third kappa shape index (κ3) is 0.924. The van der Waals surface area contributed by atoms with Crippen molar-refractivity contribution in [3.63, 3.8) is 0 Å². The van der Waals surface area contributed by atoms with Crippen molar-refractivity contribution in [2.75, 3.05) is 20.7 Å². The predicted molar refractivity (Wildman–Crippen MR) is 30.9 cm³/mol. The summed E-state index contributed by atoms with van der Waals surface area (Å²) >= 11 is 0. The first kappa shape index (κ1) is 5.44.